The monoisotopic (exact) mass is 231 g/mol. The third-order valence-electron chi connectivity index (χ3n) is 3.57. The standard InChI is InChI=1S/C15H21NO/c1-3-6-11(2)15(17)16-14-9-12-7-4-5-8-13(12)10-14/h4-5,7-8,11,14H,3,6,9-10H2,1-2H3,(H,16,17). The van der Waals surface area contributed by atoms with Crippen molar-refractivity contribution in [2.75, 3.05) is 0 Å². The molecule has 92 valence electrons. The Hall–Kier alpha value is -1.31. The SMILES string of the molecule is CCCC(C)C(=O)NC1Cc2ccccc2C1. The van der Waals surface area contributed by atoms with Gasteiger partial charge in [0.15, 0.2) is 0 Å². The molecule has 0 aliphatic heterocycles. The molecule has 1 aromatic rings. The van der Waals surface area contributed by atoms with Crippen LogP contribution < -0.4 is 5.32 Å². The number of carbonyl (C=O) groups is 1. The highest BCUT2D eigenvalue weighted by molar-refractivity contribution is 5.78. The van der Waals surface area contributed by atoms with E-state index in [0.29, 0.717) is 6.04 Å². The summed E-state index contributed by atoms with van der Waals surface area (Å²) in [5, 5.41) is 3.17. The zero-order chi connectivity index (χ0) is 12.3. The van der Waals surface area contributed by atoms with Crippen LogP contribution in [-0.4, -0.2) is 11.9 Å². The Bertz CT molecular complexity index is 375. The fourth-order valence-corrected chi connectivity index (χ4v) is 2.57. The number of hydrogen-bond donors (Lipinski definition) is 1. The molecule has 0 radical (unpaired) electrons. The Kier molecular flexibility index (Phi) is 3.82. The third-order valence-corrected chi connectivity index (χ3v) is 3.57. The second-order valence-electron chi connectivity index (χ2n) is 5.07. The molecule has 1 N–H and O–H groups in total. The van der Waals surface area contributed by atoms with Crippen molar-refractivity contribution in [1.29, 1.82) is 0 Å². The van der Waals surface area contributed by atoms with Gasteiger partial charge in [-0.05, 0) is 30.4 Å². The van der Waals surface area contributed by atoms with Gasteiger partial charge in [0, 0.05) is 12.0 Å². The molecule has 2 rings (SSSR count). The van der Waals surface area contributed by atoms with Crippen molar-refractivity contribution in [3.63, 3.8) is 0 Å². The summed E-state index contributed by atoms with van der Waals surface area (Å²) in [6, 6.07) is 8.78. The largest absolute Gasteiger partial charge is 0.352 e. The van der Waals surface area contributed by atoms with Gasteiger partial charge < -0.3 is 5.32 Å². The van der Waals surface area contributed by atoms with Gasteiger partial charge in [-0.3, -0.25) is 4.79 Å². The van der Waals surface area contributed by atoms with E-state index >= 15 is 0 Å². The lowest BCUT2D eigenvalue weighted by molar-refractivity contribution is -0.125. The first-order chi connectivity index (χ1) is 8.20. The van der Waals surface area contributed by atoms with Crippen LogP contribution in [0.2, 0.25) is 0 Å². The molecule has 0 aromatic heterocycles. The van der Waals surface area contributed by atoms with Gasteiger partial charge >= 0.3 is 0 Å². The van der Waals surface area contributed by atoms with Gasteiger partial charge in [0.2, 0.25) is 5.91 Å². The Morgan fingerprint density at radius 2 is 1.94 bits per heavy atom. The van der Waals surface area contributed by atoms with E-state index in [9.17, 15) is 4.79 Å². The van der Waals surface area contributed by atoms with Crippen LogP contribution in [0.25, 0.3) is 0 Å². The van der Waals surface area contributed by atoms with Crippen LogP contribution in [-0.2, 0) is 17.6 Å². The Morgan fingerprint density at radius 1 is 1.35 bits per heavy atom. The van der Waals surface area contributed by atoms with Gasteiger partial charge in [0.1, 0.15) is 0 Å². The molecule has 0 fully saturated rings. The van der Waals surface area contributed by atoms with Gasteiger partial charge in [-0.2, -0.15) is 0 Å². The van der Waals surface area contributed by atoms with E-state index in [1.807, 2.05) is 6.92 Å². The van der Waals surface area contributed by atoms with E-state index in [1.54, 1.807) is 0 Å². The average molecular weight is 231 g/mol. The molecule has 0 heterocycles. The lowest BCUT2D eigenvalue weighted by Gasteiger charge is -2.16. The van der Waals surface area contributed by atoms with Crippen LogP contribution in [0, 0.1) is 5.92 Å². The van der Waals surface area contributed by atoms with E-state index in [-0.39, 0.29) is 11.8 Å². The van der Waals surface area contributed by atoms with E-state index in [4.69, 9.17) is 0 Å². The average Bonchev–Trinajstić information content (AvgIpc) is 2.71. The summed E-state index contributed by atoms with van der Waals surface area (Å²) >= 11 is 0. The lowest BCUT2D eigenvalue weighted by atomic mass is 10.0. The van der Waals surface area contributed by atoms with Gasteiger partial charge in [0.25, 0.3) is 0 Å². The lowest BCUT2D eigenvalue weighted by Crippen LogP contribution is -2.38. The van der Waals surface area contributed by atoms with E-state index < -0.39 is 0 Å². The molecule has 0 bridgehead atoms. The van der Waals surface area contributed by atoms with Gasteiger partial charge in [0.05, 0.1) is 0 Å². The number of carbonyl (C=O) groups excluding carboxylic acids is 1. The highest BCUT2D eigenvalue weighted by Gasteiger charge is 2.23. The molecule has 1 unspecified atom stereocenters. The smallest absolute Gasteiger partial charge is 0.223 e. The predicted octanol–water partition coefficient (Wildman–Crippen LogP) is 2.71. The quantitative estimate of drug-likeness (QED) is 0.848. The zero-order valence-electron chi connectivity index (χ0n) is 10.7. The minimum absolute atomic E-state index is 0.142. The second kappa shape index (κ2) is 5.35. The molecule has 1 aromatic carbocycles. The second-order valence-corrected chi connectivity index (χ2v) is 5.07. The van der Waals surface area contributed by atoms with E-state index in [1.165, 1.54) is 11.1 Å². The van der Waals surface area contributed by atoms with Crippen LogP contribution in [0.15, 0.2) is 24.3 Å². The van der Waals surface area contributed by atoms with Crippen molar-refractivity contribution in [3.8, 4) is 0 Å². The van der Waals surface area contributed by atoms with Gasteiger partial charge in [-0.1, -0.05) is 44.5 Å². The van der Waals surface area contributed by atoms with Crippen molar-refractivity contribution in [1.82, 2.24) is 5.32 Å². The van der Waals surface area contributed by atoms with Gasteiger partial charge in [-0.15, -0.1) is 0 Å². The number of benzene rings is 1. The minimum Gasteiger partial charge on any atom is -0.352 e. The summed E-state index contributed by atoms with van der Waals surface area (Å²) in [4.78, 5) is 11.9. The Morgan fingerprint density at radius 3 is 2.47 bits per heavy atom. The van der Waals surface area contributed by atoms with Crippen molar-refractivity contribution < 1.29 is 4.79 Å². The van der Waals surface area contributed by atoms with Crippen LogP contribution in [0.5, 0.6) is 0 Å². The number of fused-ring (bicyclic) bond motifs is 1. The first-order valence-electron chi connectivity index (χ1n) is 6.58. The molecule has 0 spiro atoms. The van der Waals surface area contributed by atoms with Crippen LogP contribution >= 0.6 is 0 Å². The number of nitrogens with one attached hydrogen (secondary N) is 1. The van der Waals surface area contributed by atoms with E-state index in [2.05, 4.69) is 36.5 Å². The first kappa shape index (κ1) is 12.2. The Balaban J connectivity index is 1.89. The number of amides is 1. The molecular weight excluding hydrogens is 210 g/mol. The van der Waals surface area contributed by atoms with Crippen molar-refractivity contribution >= 4 is 5.91 Å². The number of rotatable bonds is 4. The maximum Gasteiger partial charge on any atom is 0.223 e. The van der Waals surface area contributed by atoms with Crippen molar-refractivity contribution in [2.45, 2.75) is 45.6 Å². The summed E-state index contributed by atoms with van der Waals surface area (Å²) in [5.41, 5.74) is 2.78. The van der Waals surface area contributed by atoms with Crippen LogP contribution in [0.3, 0.4) is 0 Å². The normalized spacial score (nSPS) is 16.6. The fraction of sp³-hybridized carbons (Fsp3) is 0.533. The summed E-state index contributed by atoms with van der Waals surface area (Å²) in [5.74, 6) is 0.355. The highest BCUT2D eigenvalue weighted by Crippen LogP contribution is 2.22. The van der Waals surface area contributed by atoms with E-state index in [0.717, 1.165) is 25.7 Å². The summed E-state index contributed by atoms with van der Waals surface area (Å²) in [7, 11) is 0. The molecule has 0 saturated carbocycles. The number of hydrogen-bond acceptors (Lipinski definition) is 1. The predicted molar refractivity (Wildman–Crippen MR) is 69.9 cm³/mol. The highest BCUT2D eigenvalue weighted by atomic mass is 16.1. The molecule has 1 aliphatic carbocycles. The first-order valence-corrected chi connectivity index (χ1v) is 6.58. The topological polar surface area (TPSA) is 29.1 Å². The molecule has 2 nitrogen and oxygen atoms in total. The molecule has 0 saturated heterocycles. The molecule has 17 heavy (non-hydrogen) atoms. The van der Waals surface area contributed by atoms with Crippen LogP contribution in [0.4, 0.5) is 0 Å². The summed E-state index contributed by atoms with van der Waals surface area (Å²) in [6.45, 7) is 4.14. The van der Waals surface area contributed by atoms with Crippen molar-refractivity contribution in [2.24, 2.45) is 5.92 Å². The summed E-state index contributed by atoms with van der Waals surface area (Å²) < 4.78 is 0. The molecule has 1 amide bonds. The fourth-order valence-electron chi connectivity index (χ4n) is 2.57. The molecule has 1 atom stereocenters. The maximum atomic E-state index is 11.9. The van der Waals surface area contributed by atoms with Crippen molar-refractivity contribution in [3.05, 3.63) is 35.4 Å². The Labute approximate surface area is 103 Å². The minimum atomic E-state index is 0.142. The molecule has 1 aliphatic rings. The maximum absolute atomic E-state index is 11.9. The van der Waals surface area contributed by atoms with Gasteiger partial charge in [-0.25, -0.2) is 0 Å². The molecule has 2 heteroatoms. The zero-order valence-corrected chi connectivity index (χ0v) is 10.7. The third kappa shape index (κ3) is 2.87. The summed E-state index contributed by atoms with van der Waals surface area (Å²) in [6.07, 6.45) is 4.02. The van der Waals surface area contributed by atoms with Crippen LogP contribution in [0.1, 0.15) is 37.8 Å². The molecular formula is C15H21NO.